The van der Waals surface area contributed by atoms with Gasteiger partial charge in [-0.05, 0) is 42.9 Å². The van der Waals surface area contributed by atoms with Gasteiger partial charge in [0.1, 0.15) is 0 Å². The molecule has 0 fully saturated rings. The molecule has 19 heavy (non-hydrogen) atoms. The van der Waals surface area contributed by atoms with Crippen LogP contribution >= 0.6 is 0 Å². The minimum atomic E-state index is -0.177. The van der Waals surface area contributed by atoms with Crippen molar-refractivity contribution in [3.05, 3.63) is 60.2 Å². The quantitative estimate of drug-likeness (QED) is 0.755. The monoisotopic (exact) mass is 254 g/mol. The van der Waals surface area contributed by atoms with Gasteiger partial charge in [0.05, 0.1) is 6.10 Å². The van der Waals surface area contributed by atoms with E-state index in [2.05, 4.69) is 54.6 Å². The van der Waals surface area contributed by atoms with Gasteiger partial charge in [-0.2, -0.15) is 0 Å². The zero-order chi connectivity index (χ0) is 13.5. The third kappa shape index (κ3) is 4.22. The van der Waals surface area contributed by atoms with E-state index < -0.39 is 0 Å². The predicted octanol–water partition coefficient (Wildman–Crippen LogP) is 4.45. The fourth-order valence-corrected chi connectivity index (χ4v) is 2.39. The average Bonchev–Trinajstić information content (AvgIpc) is 2.45. The molecule has 0 radical (unpaired) electrons. The fourth-order valence-electron chi connectivity index (χ4n) is 2.39. The van der Waals surface area contributed by atoms with E-state index in [1.807, 2.05) is 6.92 Å². The van der Waals surface area contributed by atoms with Crippen LogP contribution < -0.4 is 0 Å². The summed E-state index contributed by atoms with van der Waals surface area (Å²) in [6, 6.07) is 19.2. The van der Waals surface area contributed by atoms with Crippen molar-refractivity contribution in [2.45, 2.75) is 38.7 Å². The number of aryl methyl sites for hydroxylation is 1. The van der Waals surface area contributed by atoms with Crippen LogP contribution in [0.1, 0.15) is 31.7 Å². The van der Waals surface area contributed by atoms with Gasteiger partial charge in [0.25, 0.3) is 0 Å². The topological polar surface area (TPSA) is 20.2 Å². The Morgan fingerprint density at radius 2 is 1.58 bits per heavy atom. The zero-order valence-electron chi connectivity index (χ0n) is 11.5. The maximum atomic E-state index is 9.28. The Morgan fingerprint density at radius 1 is 0.895 bits per heavy atom. The summed E-state index contributed by atoms with van der Waals surface area (Å²) in [4.78, 5) is 0. The number of hydrogen-bond donors (Lipinski definition) is 1. The van der Waals surface area contributed by atoms with Crippen LogP contribution in [0.2, 0.25) is 0 Å². The normalized spacial score (nSPS) is 12.3. The van der Waals surface area contributed by atoms with Gasteiger partial charge in [-0.25, -0.2) is 0 Å². The van der Waals surface area contributed by atoms with Crippen LogP contribution in [0.5, 0.6) is 0 Å². The van der Waals surface area contributed by atoms with E-state index in [-0.39, 0.29) is 6.10 Å². The largest absolute Gasteiger partial charge is 0.393 e. The summed E-state index contributed by atoms with van der Waals surface area (Å²) in [5.41, 5.74) is 4.02. The highest BCUT2D eigenvalue weighted by Crippen LogP contribution is 2.24. The molecule has 2 aromatic carbocycles. The molecule has 1 unspecified atom stereocenters. The standard InChI is InChI=1S/C18H22O/c1-15(19)9-5-6-12-17-13-7-8-14-18(17)16-10-3-2-4-11-16/h2-4,7-8,10-11,13-15,19H,5-6,9,12H2,1H3. The van der Waals surface area contributed by atoms with Crippen molar-refractivity contribution in [1.29, 1.82) is 0 Å². The molecule has 1 atom stereocenters. The fraction of sp³-hybridized carbons (Fsp3) is 0.333. The Kier molecular flexibility index (Phi) is 5.17. The number of aliphatic hydroxyl groups is 1. The van der Waals surface area contributed by atoms with Gasteiger partial charge < -0.3 is 5.11 Å². The lowest BCUT2D eigenvalue weighted by atomic mass is 9.96. The molecule has 0 spiro atoms. The predicted molar refractivity (Wildman–Crippen MR) is 81.1 cm³/mol. The van der Waals surface area contributed by atoms with Crippen LogP contribution in [0.4, 0.5) is 0 Å². The first-order chi connectivity index (χ1) is 9.27. The van der Waals surface area contributed by atoms with Crippen molar-refractivity contribution in [3.8, 4) is 11.1 Å². The molecule has 0 aromatic heterocycles. The minimum Gasteiger partial charge on any atom is -0.393 e. The molecule has 1 N–H and O–H groups in total. The van der Waals surface area contributed by atoms with Crippen molar-refractivity contribution in [2.24, 2.45) is 0 Å². The van der Waals surface area contributed by atoms with Crippen LogP contribution in [0.3, 0.4) is 0 Å². The van der Waals surface area contributed by atoms with Crippen molar-refractivity contribution >= 4 is 0 Å². The molecular weight excluding hydrogens is 232 g/mol. The summed E-state index contributed by atoms with van der Waals surface area (Å²) in [7, 11) is 0. The summed E-state index contributed by atoms with van der Waals surface area (Å²) in [6.07, 6.45) is 4.02. The van der Waals surface area contributed by atoms with Crippen LogP contribution in [0.15, 0.2) is 54.6 Å². The van der Waals surface area contributed by atoms with Gasteiger partial charge in [-0.3, -0.25) is 0 Å². The maximum Gasteiger partial charge on any atom is 0.0512 e. The Labute approximate surface area is 115 Å². The smallest absolute Gasteiger partial charge is 0.0512 e. The molecule has 0 aliphatic carbocycles. The number of benzene rings is 2. The van der Waals surface area contributed by atoms with Gasteiger partial charge in [0.15, 0.2) is 0 Å². The molecule has 0 saturated carbocycles. The summed E-state index contributed by atoms with van der Waals surface area (Å²) < 4.78 is 0. The van der Waals surface area contributed by atoms with Crippen molar-refractivity contribution in [3.63, 3.8) is 0 Å². The third-order valence-corrected chi connectivity index (χ3v) is 3.42. The van der Waals surface area contributed by atoms with Crippen LogP contribution in [0, 0.1) is 0 Å². The molecule has 0 amide bonds. The van der Waals surface area contributed by atoms with Crippen molar-refractivity contribution in [1.82, 2.24) is 0 Å². The second kappa shape index (κ2) is 7.10. The zero-order valence-corrected chi connectivity index (χ0v) is 11.5. The molecule has 0 aliphatic heterocycles. The Balaban J connectivity index is 2.05. The number of hydrogen-bond acceptors (Lipinski definition) is 1. The first-order valence-electron chi connectivity index (χ1n) is 7.09. The minimum absolute atomic E-state index is 0.177. The van der Waals surface area contributed by atoms with Gasteiger partial charge in [0, 0.05) is 0 Å². The summed E-state index contributed by atoms with van der Waals surface area (Å²) in [5, 5.41) is 9.28. The maximum absolute atomic E-state index is 9.28. The highest BCUT2D eigenvalue weighted by atomic mass is 16.3. The Hall–Kier alpha value is -1.60. The molecule has 0 saturated heterocycles. The van der Waals surface area contributed by atoms with E-state index in [4.69, 9.17) is 0 Å². The van der Waals surface area contributed by atoms with Gasteiger partial charge >= 0.3 is 0 Å². The summed E-state index contributed by atoms with van der Waals surface area (Å²) in [6.45, 7) is 1.86. The van der Waals surface area contributed by atoms with Crippen LogP contribution in [-0.4, -0.2) is 11.2 Å². The molecule has 100 valence electrons. The summed E-state index contributed by atoms with van der Waals surface area (Å²) >= 11 is 0. The van der Waals surface area contributed by atoms with Gasteiger partial charge in [-0.15, -0.1) is 0 Å². The number of unbranched alkanes of at least 4 members (excludes halogenated alkanes) is 1. The van der Waals surface area contributed by atoms with Crippen LogP contribution in [0.25, 0.3) is 11.1 Å². The highest BCUT2D eigenvalue weighted by molar-refractivity contribution is 5.67. The van der Waals surface area contributed by atoms with Gasteiger partial charge in [-0.1, -0.05) is 61.0 Å². The van der Waals surface area contributed by atoms with E-state index >= 15 is 0 Å². The molecule has 2 aromatic rings. The van der Waals surface area contributed by atoms with E-state index in [1.165, 1.54) is 16.7 Å². The van der Waals surface area contributed by atoms with Gasteiger partial charge in [0.2, 0.25) is 0 Å². The lowest BCUT2D eigenvalue weighted by Gasteiger charge is -2.10. The van der Waals surface area contributed by atoms with E-state index in [0.717, 1.165) is 25.7 Å². The average molecular weight is 254 g/mol. The number of rotatable bonds is 6. The van der Waals surface area contributed by atoms with E-state index in [9.17, 15) is 5.11 Å². The first kappa shape index (κ1) is 13.8. The second-order valence-electron chi connectivity index (χ2n) is 5.12. The molecule has 1 nitrogen and oxygen atoms in total. The molecule has 1 heteroatoms. The highest BCUT2D eigenvalue weighted by Gasteiger charge is 2.04. The lowest BCUT2D eigenvalue weighted by molar-refractivity contribution is 0.180. The third-order valence-electron chi connectivity index (χ3n) is 3.42. The Bertz CT molecular complexity index is 488. The second-order valence-corrected chi connectivity index (χ2v) is 5.12. The molecule has 2 rings (SSSR count). The number of aliphatic hydroxyl groups excluding tert-OH is 1. The lowest BCUT2D eigenvalue weighted by Crippen LogP contribution is -1.99. The Morgan fingerprint density at radius 3 is 2.32 bits per heavy atom. The molecule has 0 heterocycles. The SMILES string of the molecule is CC(O)CCCCc1ccccc1-c1ccccc1. The van der Waals surface area contributed by atoms with Crippen molar-refractivity contribution < 1.29 is 5.11 Å². The molecule has 0 aliphatic rings. The van der Waals surface area contributed by atoms with Crippen molar-refractivity contribution in [2.75, 3.05) is 0 Å². The molecule has 0 bridgehead atoms. The summed E-state index contributed by atoms with van der Waals surface area (Å²) in [5.74, 6) is 0. The van der Waals surface area contributed by atoms with Crippen LogP contribution in [-0.2, 0) is 6.42 Å². The van der Waals surface area contributed by atoms with E-state index in [0.29, 0.717) is 0 Å². The first-order valence-corrected chi connectivity index (χ1v) is 7.09. The van der Waals surface area contributed by atoms with E-state index in [1.54, 1.807) is 0 Å². The molecular formula is C18H22O.